The minimum Gasteiger partial charge on any atom is -0.203 e. The van der Waals surface area contributed by atoms with Gasteiger partial charge in [-0.25, -0.2) is 4.59 Å². The maximum atomic E-state index is 4.30. The Morgan fingerprint density at radius 1 is 1.54 bits per heavy atom. The SMILES string of the molecule is CCC(C)(C)[B][n+]1cncc(C)n1. The minimum atomic E-state index is 0.174. The molecule has 0 aromatic carbocycles. The van der Waals surface area contributed by atoms with Gasteiger partial charge in [0.15, 0.2) is 6.20 Å². The number of hydrogen-bond acceptors (Lipinski definition) is 2. The van der Waals surface area contributed by atoms with E-state index in [1.54, 1.807) is 17.1 Å². The molecule has 1 radical (unpaired) electrons. The highest BCUT2D eigenvalue weighted by Crippen LogP contribution is 2.24. The highest BCUT2D eigenvalue weighted by molar-refractivity contribution is 6.29. The Balaban J connectivity index is 2.74. The Labute approximate surface area is 80.5 Å². The summed E-state index contributed by atoms with van der Waals surface area (Å²) >= 11 is 0. The van der Waals surface area contributed by atoms with E-state index in [9.17, 15) is 0 Å². The van der Waals surface area contributed by atoms with E-state index in [1.165, 1.54) is 0 Å². The summed E-state index contributed by atoms with van der Waals surface area (Å²) in [6, 6.07) is 0. The first-order valence-corrected chi connectivity index (χ1v) is 4.59. The molecular weight excluding hydrogens is 161 g/mol. The fourth-order valence-corrected chi connectivity index (χ4v) is 0.955. The highest BCUT2D eigenvalue weighted by atomic mass is 15.2. The lowest BCUT2D eigenvalue weighted by molar-refractivity contribution is -0.604. The highest BCUT2D eigenvalue weighted by Gasteiger charge is 2.24. The van der Waals surface area contributed by atoms with E-state index in [0.717, 1.165) is 12.1 Å². The van der Waals surface area contributed by atoms with Crippen molar-refractivity contribution in [2.24, 2.45) is 0 Å². The van der Waals surface area contributed by atoms with Crippen LogP contribution in [0.25, 0.3) is 0 Å². The van der Waals surface area contributed by atoms with Crippen LogP contribution in [-0.4, -0.2) is 17.5 Å². The van der Waals surface area contributed by atoms with Gasteiger partial charge >= 0.3 is 7.41 Å². The Morgan fingerprint density at radius 2 is 2.23 bits per heavy atom. The standard InChI is InChI=1S/C9H16BN3/c1-5-9(3,4)10-13-7-11-6-8(2)12-13/h6-7H,5H2,1-4H3/q+1. The summed E-state index contributed by atoms with van der Waals surface area (Å²) in [6.45, 7) is 8.48. The van der Waals surface area contributed by atoms with Crippen molar-refractivity contribution in [1.82, 2.24) is 10.1 Å². The molecule has 0 atom stereocenters. The van der Waals surface area contributed by atoms with Crippen LogP contribution in [0.2, 0.25) is 5.31 Å². The normalized spacial score (nSPS) is 11.4. The Bertz CT molecular complexity index is 286. The maximum Gasteiger partial charge on any atom is 0.431 e. The van der Waals surface area contributed by atoms with Crippen LogP contribution in [-0.2, 0) is 0 Å². The largest absolute Gasteiger partial charge is 0.431 e. The number of nitrogens with zero attached hydrogens (tertiary/aromatic N) is 3. The number of rotatable bonds is 3. The van der Waals surface area contributed by atoms with Crippen LogP contribution < -0.4 is 4.59 Å². The van der Waals surface area contributed by atoms with Gasteiger partial charge in [0.25, 0.3) is 6.33 Å². The van der Waals surface area contributed by atoms with Gasteiger partial charge in [0, 0.05) is 0 Å². The van der Waals surface area contributed by atoms with Gasteiger partial charge in [0.05, 0.1) is 0 Å². The zero-order valence-electron chi connectivity index (χ0n) is 8.78. The van der Waals surface area contributed by atoms with Crippen molar-refractivity contribution in [1.29, 1.82) is 0 Å². The average Bonchev–Trinajstić information content (AvgIpc) is 2.03. The van der Waals surface area contributed by atoms with Gasteiger partial charge in [-0.15, -0.1) is 5.10 Å². The molecule has 0 unspecified atom stereocenters. The Morgan fingerprint density at radius 3 is 2.77 bits per heavy atom. The van der Waals surface area contributed by atoms with Crippen molar-refractivity contribution in [3.05, 3.63) is 18.2 Å². The zero-order valence-corrected chi connectivity index (χ0v) is 8.78. The van der Waals surface area contributed by atoms with Crippen molar-refractivity contribution < 1.29 is 4.59 Å². The van der Waals surface area contributed by atoms with Gasteiger partial charge in [-0.1, -0.05) is 32.2 Å². The van der Waals surface area contributed by atoms with Crippen LogP contribution >= 0.6 is 0 Å². The first-order chi connectivity index (χ1) is 6.03. The second-order valence-electron chi connectivity index (χ2n) is 3.99. The van der Waals surface area contributed by atoms with E-state index in [1.807, 2.05) is 6.92 Å². The molecule has 1 aromatic heterocycles. The van der Waals surface area contributed by atoms with Crippen LogP contribution in [0.1, 0.15) is 32.9 Å². The lowest BCUT2D eigenvalue weighted by Crippen LogP contribution is -2.49. The lowest BCUT2D eigenvalue weighted by Gasteiger charge is -2.16. The molecule has 0 spiro atoms. The van der Waals surface area contributed by atoms with Crippen molar-refractivity contribution in [2.45, 2.75) is 39.4 Å². The first-order valence-electron chi connectivity index (χ1n) is 4.59. The van der Waals surface area contributed by atoms with Crippen molar-refractivity contribution in [2.75, 3.05) is 0 Å². The third-order valence-corrected chi connectivity index (χ3v) is 2.11. The molecule has 3 nitrogen and oxygen atoms in total. The molecule has 0 aliphatic rings. The summed E-state index contributed by atoms with van der Waals surface area (Å²) < 4.78 is 1.79. The molecule has 0 aliphatic heterocycles. The topological polar surface area (TPSA) is 29.7 Å². The monoisotopic (exact) mass is 177 g/mol. The maximum absolute atomic E-state index is 4.30. The van der Waals surface area contributed by atoms with Gasteiger partial charge in [0.2, 0.25) is 0 Å². The number of aromatic nitrogens is 3. The van der Waals surface area contributed by atoms with E-state index in [4.69, 9.17) is 0 Å². The molecule has 0 amide bonds. The molecule has 69 valence electrons. The van der Waals surface area contributed by atoms with Crippen LogP contribution in [0.15, 0.2) is 12.5 Å². The van der Waals surface area contributed by atoms with Crippen LogP contribution in [0.4, 0.5) is 0 Å². The summed E-state index contributed by atoms with van der Waals surface area (Å²) in [4.78, 5) is 4.07. The van der Waals surface area contributed by atoms with Crippen molar-refractivity contribution in [3.8, 4) is 0 Å². The van der Waals surface area contributed by atoms with Crippen molar-refractivity contribution in [3.63, 3.8) is 0 Å². The molecule has 1 aromatic rings. The van der Waals surface area contributed by atoms with E-state index in [0.29, 0.717) is 0 Å². The Hall–Kier alpha value is -0.925. The summed E-state index contributed by atoms with van der Waals surface area (Å²) in [6.07, 6.45) is 4.57. The van der Waals surface area contributed by atoms with Gasteiger partial charge in [-0.2, -0.15) is 0 Å². The summed E-state index contributed by atoms with van der Waals surface area (Å²) in [5, 5.41) is 4.48. The predicted octanol–water partition coefficient (Wildman–Crippen LogP) is 1.15. The van der Waals surface area contributed by atoms with Crippen molar-refractivity contribution >= 4 is 7.41 Å². The summed E-state index contributed by atoms with van der Waals surface area (Å²) in [7, 11) is 2.09. The van der Waals surface area contributed by atoms with E-state index in [-0.39, 0.29) is 5.31 Å². The molecule has 13 heavy (non-hydrogen) atoms. The van der Waals surface area contributed by atoms with E-state index >= 15 is 0 Å². The van der Waals surface area contributed by atoms with Gasteiger partial charge in [0.1, 0.15) is 5.69 Å². The molecule has 0 N–H and O–H groups in total. The van der Waals surface area contributed by atoms with Gasteiger partial charge in [-0.3, -0.25) is 0 Å². The second kappa shape index (κ2) is 3.86. The molecule has 0 saturated heterocycles. The molecule has 1 heterocycles. The second-order valence-corrected chi connectivity index (χ2v) is 3.99. The number of aryl methyl sites for hydroxylation is 1. The molecule has 0 bridgehead atoms. The third kappa shape index (κ3) is 3.13. The van der Waals surface area contributed by atoms with E-state index in [2.05, 4.69) is 38.3 Å². The lowest BCUT2D eigenvalue weighted by atomic mass is 9.61. The van der Waals surface area contributed by atoms with Gasteiger partial charge in [-0.05, 0) is 12.2 Å². The molecule has 0 fully saturated rings. The predicted molar refractivity (Wildman–Crippen MR) is 52.4 cm³/mol. The quantitative estimate of drug-likeness (QED) is 0.648. The van der Waals surface area contributed by atoms with Gasteiger partial charge < -0.3 is 0 Å². The molecule has 4 heteroatoms. The molecule has 0 aliphatic carbocycles. The van der Waals surface area contributed by atoms with E-state index < -0.39 is 0 Å². The number of hydrogen-bond donors (Lipinski definition) is 0. The molecule has 0 saturated carbocycles. The minimum absolute atomic E-state index is 0.174. The Kier molecular flexibility index (Phi) is 3.01. The first kappa shape index (κ1) is 10.2. The average molecular weight is 177 g/mol. The zero-order chi connectivity index (χ0) is 9.90. The summed E-state index contributed by atoms with van der Waals surface area (Å²) in [5.41, 5.74) is 0.936. The summed E-state index contributed by atoms with van der Waals surface area (Å²) in [5.74, 6) is 0. The third-order valence-electron chi connectivity index (χ3n) is 2.11. The smallest absolute Gasteiger partial charge is 0.203 e. The molecule has 1 rings (SSSR count). The van der Waals surface area contributed by atoms with Crippen LogP contribution in [0, 0.1) is 6.92 Å². The fourth-order valence-electron chi connectivity index (χ4n) is 0.955. The van der Waals surface area contributed by atoms with Crippen LogP contribution in [0.3, 0.4) is 0 Å². The van der Waals surface area contributed by atoms with Crippen LogP contribution in [0.5, 0.6) is 0 Å². The molecular formula is C9H16BN3+. The fraction of sp³-hybridized carbons (Fsp3) is 0.667.